The SMILES string of the molecule is CC(C)N(Cc1ccccc1)C(=O)[C@H]1CNC[C@@H]1c1cnn(C)c1. The van der Waals surface area contributed by atoms with Crippen LogP contribution in [0.4, 0.5) is 0 Å². The van der Waals surface area contributed by atoms with Crippen LogP contribution in [0.3, 0.4) is 0 Å². The number of amides is 1. The third-order valence-corrected chi connectivity index (χ3v) is 4.79. The number of hydrogen-bond donors (Lipinski definition) is 1. The average Bonchev–Trinajstić information content (AvgIpc) is 3.21. The first-order valence-electron chi connectivity index (χ1n) is 8.60. The van der Waals surface area contributed by atoms with Gasteiger partial charge in [-0.15, -0.1) is 0 Å². The van der Waals surface area contributed by atoms with Crippen molar-refractivity contribution < 1.29 is 4.79 Å². The van der Waals surface area contributed by atoms with Crippen LogP contribution in [0.2, 0.25) is 0 Å². The summed E-state index contributed by atoms with van der Waals surface area (Å²) in [5, 5.41) is 7.65. The molecular formula is C19H26N4O. The predicted molar refractivity (Wildman–Crippen MR) is 94.4 cm³/mol. The lowest BCUT2D eigenvalue weighted by atomic mass is 9.89. The summed E-state index contributed by atoms with van der Waals surface area (Å²) >= 11 is 0. The Morgan fingerprint density at radius 1 is 1.33 bits per heavy atom. The van der Waals surface area contributed by atoms with Crippen LogP contribution in [0.25, 0.3) is 0 Å². The molecule has 128 valence electrons. The molecule has 1 amide bonds. The Morgan fingerprint density at radius 3 is 2.71 bits per heavy atom. The molecule has 1 aliphatic heterocycles. The predicted octanol–water partition coefficient (Wildman–Crippen LogP) is 2.16. The minimum absolute atomic E-state index is 0.0275. The maximum absolute atomic E-state index is 13.2. The molecule has 5 nitrogen and oxygen atoms in total. The molecule has 0 spiro atoms. The molecule has 3 rings (SSSR count). The molecule has 2 atom stereocenters. The molecule has 0 bridgehead atoms. The van der Waals surface area contributed by atoms with Crippen LogP contribution in [-0.4, -0.2) is 39.7 Å². The quantitative estimate of drug-likeness (QED) is 0.916. The summed E-state index contributed by atoms with van der Waals surface area (Å²) in [6.07, 6.45) is 3.91. The van der Waals surface area contributed by atoms with Gasteiger partial charge in [0.2, 0.25) is 5.91 Å². The molecule has 1 aromatic heterocycles. The molecule has 5 heteroatoms. The van der Waals surface area contributed by atoms with Crippen molar-refractivity contribution in [1.29, 1.82) is 0 Å². The molecule has 2 aromatic rings. The van der Waals surface area contributed by atoms with E-state index in [0.29, 0.717) is 6.54 Å². The summed E-state index contributed by atoms with van der Waals surface area (Å²) in [6.45, 7) is 6.40. The first-order chi connectivity index (χ1) is 11.6. The maximum Gasteiger partial charge on any atom is 0.228 e. The van der Waals surface area contributed by atoms with E-state index in [-0.39, 0.29) is 23.8 Å². The highest BCUT2D eigenvalue weighted by Gasteiger charge is 2.37. The van der Waals surface area contributed by atoms with Gasteiger partial charge < -0.3 is 10.2 Å². The van der Waals surface area contributed by atoms with Gasteiger partial charge in [0, 0.05) is 44.8 Å². The zero-order valence-electron chi connectivity index (χ0n) is 14.6. The van der Waals surface area contributed by atoms with Crippen LogP contribution in [0.15, 0.2) is 42.7 Å². The summed E-state index contributed by atoms with van der Waals surface area (Å²) in [7, 11) is 1.92. The Hall–Kier alpha value is -2.14. The van der Waals surface area contributed by atoms with Crippen LogP contribution in [0, 0.1) is 5.92 Å². The summed E-state index contributed by atoms with van der Waals surface area (Å²) < 4.78 is 1.80. The number of nitrogens with zero attached hydrogens (tertiary/aromatic N) is 3. The summed E-state index contributed by atoms with van der Waals surface area (Å²) in [4.78, 5) is 15.2. The lowest BCUT2D eigenvalue weighted by Gasteiger charge is -2.31. The number of aromatic nitrogens is 2. The van der Waals surface area contributed by atoms with Gasteiger partial charge in [0.15, 0.2) is 0 Å². The van der Waals surface area contributed by atoms with Gasteiger partial charge in [0.25, 0.3) is 0 Å². The van der Waals surface area contributed by atoms with Gasteiger partial charge in [-0.1, -0.05) is 30.3 Å². The van der Waals surface area contributed by atoms with Crippen LogP contribution in [-0.2, 0) is 18.4 Å². The van der Waals surface area contributed by atoms with Gasteiger partial charge in [-0.05, 0) is 25.0 Å². The molecule has 1 saturated heterocycles. The average molecular weight is 326 g/mol. The Balaban J connectivity index is 1.79. The van der Waals surface area contributed by atoms with Crippen LogP contribution >= 0.6 is 0 Å². The molecule has 1 aliphatic rings. The molecular weight excluding hydrogens is 300 g/mol. The number of nitrogens with one attached hydrogen (secondary N) is 1. The summed E-state index contributed by atoms with van der Waals surface area (Å²) in [6, 6.07) is 10.4. The number of rotatable bonds is 5. The highest BCUT2D eigenvalue weighted by molar-refractivity contribution is 5.81. The lowest BCUT2D eigenvalue weighted by molar-refractivity contribution is -0.137. The third-order valence-electron chi connectivity index (χ3n) is 4.79. The summed E-state index contributed by atoms with van der Waals surface area (Å²) in [5.41, 5.74) is 2.31. The molecule has 1 aromatic carbocycles. The van der Waals surface area contributed by atoms with E-state index in [9.17, 15) is 4.79 Å². The fourth-order valence-corrected chi connectivity index (χ4v) is 3.43. The highest BCUT2D eigenvalue weighted by atomic mass is 16.2. The van der Waals surface area contributed by atoms with E-state index in [1.165, 1.54) is 5.56 Å². The Labute approximate surface area is 143 Å². The fourth-order valence-electron chi connectivity index (χ4n) is 3.43. The third kappa shape index (κ3) is 3.51. The molecule has 0 aliphatic carbocycles. The molecule has 0 unspecified atom stereocenters. The van der Waals surface area contributed by atoms with Crippen molar-refractivity contribution in [2.75, 3.05) is 13.1 Å². The van der Waals surface area contributed by atoms with E-state index in [1.54, 1.807) is 4.68 Å². The second-order valence-corrected chi connectivity index (χ2v) is 6.86. The van der Waals surface area contributed by atoms with E-state index in [2.05, 4.69) is 36.4 Å². The molecule has 0 saturated carbocycles. The zero-order chi connectivity index (χ0) is 17.1. The van der Waals surface area contributed by atoms with Gasteiger partial charge >= 0.3 is 0 Å². The van der Waals surface area contributed by atoms with Gasteiger partial charge in [-0.2, -0.15) is 5.10 Å². The minimum atomic E-state index is -0.0275. The monoisotopic (exact) mass is 326 g/mol. The second kappa shape index (κ2) is 7.18. The van der Waals surface area contributed by atoms with Crippen LogP contribution < -0.4 is 5.32 Å². The van der Waals surface area contributed by atoms with Crippen molar-refractivity contribution in [2.24, 2.45) is 13.0 Å². The van der Waals surface area contributed by atoms with Crippen LogP contribution in [0.5, 0.6) is 0 Å². The van der Waals surface area contributed by atoms with Gasteiger partial charge in [-0.3, -0.25) is 9.48 Å². The Bertz CT molecular complexity index is 680. The maximum atomic E-state index is 13.2. The molecule has 0 radical (unpaired) electrons. The van der Waals surface area contributed by atoms with Crippen molar-refractivity contribution >= 4 is 5.91 Å². The van der Waals surface area contributed by atoms with E-state index in [1.807, 2.05) is 42.5 Å². The number of hydrogen-bond acceptors (Lipinski definition) is 3. The lowest BCUT2D eigenvalue weighted by Crippen LogP contribution is -2.42. The molecule has 24 heavy (non-hydrogen) atoms. The molecule has 1 fully saturated rings. The minimum Gasteiger partial charge on any atom is -0.336 e. The van der Waals surface area contributed by atoms with E-state index in [0.717, 1.165) is 18.7 Å². The standard InChI is InChI=1S/C19H26N4O/c1-14(2)23(12-15-7-5-4-6-8-15)19(24)18-11-20-10-17(18)16-9-21-22(3)13-16/h4-9,13-14,17-18,20H,10-12H2,1-3H3/t17-,18+/m1/s1. The number of aryl methyl sites for hydroxylation is 1. The number of carbonyl (C=O) groups excluding carboxylic acids is 1. The fraction of sp³-hybridized carbons (Fsp3) is 0.474. The second-order valence-electron chi connectivity index (χ2n) is 6.86. The van der Waals surface area contributed by atoms with Crippen molar-refractivity contribution in [3.63, 3.8) is 0 Å². The molecule has 2 heterocycles. The largest absolute Gasteiger partial charge is 0.336 e. The normalized spacial score (nSPS) is 20.5. The highest BCUT2D eigenvalue weighted by Crippen LogP contribution is 2.30. The van der Waals surface area contributed by atoms with Gasteiger partial charge in [0.05, 0.1) is 12.1 Å². The Kier molecular flexibility index (Phi) is 5.00. The van der Waals surface area contributed by atoms with Gasteiger partial charge in [-0.25, -0.2) is 0 Å². The van der Waals surface area contributed by atoms with Crippen molar-refractivity contribution in [1.82, 2.24) is 20.0 Å². The Morgan fingerprint density at radius 2 is 2.08 bits per heavy atom. The first kappa shape index (κ1) is 16.7. The van der Waals surface area contributed by atoms with Crippen molar-refractivity contribution in [3.8, 4) is 0 Å². The first-order valence-corrected chi connectivity index (χ1v) is 8.60. The van der Waals surface area contributed by atoms with Crippen molar-refractivity contribution in [3.05, 3.63) is 53.9 Å². The number of benzene rings is 1. The summed E-state index contributed by atoms with van der Waals surface area (Å²) in [5.74, 6) is 0.399. The smallest absolute Gasteiger partial charge is 0.228 e. The zero-order valence-corrected chi connectivity index (χ0v) is 14.6. The van der Waals surface area contributed by atoms with E-state index >= 15 is 0 Å². The van der Waals surface area contributed by atoms with E-state index in [4.69, 9.17) is 0 Å². The van der Waals surface area contributed by atoms with Crippen molar-refractivity contribution in [2.45, 2.75) is 32.4 Å². The van der Waals surface area contributed by atoms with Gasteiger partial charge in [0.1, 0.15) is 0 Å². The van der Waals surface area contributed by atoms with Crippen LogP contribution in [0.1, 0.15) is 30.9 Å². The van der Waals surface area contributed by atoms with E-state index < -0.39 is 0 Å². The number of carbonyl (C=O) groups is 1. The molecule has 1 N–H and O–H groups in total. The topological polar surface area (TPSA) is 50.2 Å².